The zero-order valence-electron chi connectivity index (χ0n) is 20.4. The van der Waals surface area contributed by atoms with Gasteiger partial charge in [-0.05, 0) is 49.6 Å². The first-order valence-electron chi connectivity index (χ1n) is 12.2. The number of benzene rings is 3. The maximum absolute atomic E-state index is 13.7. The fraction of sp³-hybridized carbons (Fsp3) is 0.310. The number of anilines is 1. The normalized spacial score (nSPS) is 16.2. The molecule has 3 aromatic carbocycles. The van der Waals surface area contributed by atoms with Crippen molar-refractivity contribution >= 4 is 17.5 Å². The average Bonchev–Trinajstić information content (AvgIpc) is 3.01. The largest absolute Gasteiger partial charge is 0.493 e. The Hall–Kier alpha value is -3.64. The second kappa shape index (κ2) is 11.7. The lowest BCUT2D eigenvalue weighted by atomic mass is 10.1. The molecule has 0 aromatic heterocycles. The lowest BCUT2D eigenvalue weighted by Gasteiger charge is -2.27. The summed E-state index contributed by atoms with van der Waals surface area (Å²) in [6.45, 7) is 2.76. The molecule has 1 aliphatic heterocycles. The first-order chi connectivity index (χ1) is 17.0. The predicted molar refractivity (Wildman–Crippen MR) is 138 cm³/mol. The van der Waals surface area contributed by atoms with Gasteiger partial charge in [0.15, 0.2) is 0 Å². The number of likely N-dealkylation sites (N-methyl/N-ethyl adjacent to an activating group) is 1. The summed E-state index contributed by atoms with van der Waals surface area (Å²) in [5, 5.41) is 5.89. The van der Waals surface area contributed by atoms with Gasteiger partial charge < -0.3 is 20.3 Å². The van der Waals surface area contributed by atoms with E-state index in [2.05, 4.69) is 22.8 Å². The van der Waals surface area contributed by atoms with E-state index < -0.39 is 6.04 Å². The van der Waals surface area contributed by atoms with Crippen LogP contribution in [0.2, 0.25) is 0 Å². The summed E-state index contributed by atoms with van der Waals surface area (Å²) >= 11 is 0. The minimum absolute atomic E-state index is 0.106. The number of hydrogen-bond acceptors (Lipinski definition) is 4. The van der Waals surface area contributed by atoms with Gasteiger partial charge in [-0.2, -0.15) is 0 Å². The van der Waals surface area contributed by atoms with Crippen molar-refractivity contribution in [2.24, 2.45) is 0 Å². The Kier molecular flexibility index (Phi) is 8.16. The molecule has 35 heavy (non-hydrogen) atoms. The van der Waals surface area contributed by atoms with Gasteiger partial charge in [0, 0.05) is 12.5 Å². The lowest BCUT2D eigenvalue weighted by molar-refractivity contribution is -0.128. The molecule has 0 saturated carbocycles. The SMILES string of the molecule is CNC(C)C(=O)NC1CCc2ccc(OCCc3ccccc3)cc2N(Cc2ccccc2)C1=O. The number of rotatable bonds is 9. The van der Waals surface area contributed by atoms with Crippen LogP contribution in [0.1, 0.15) is 30.0 Å². The number of carbonyl (C=O) groups is 2. The van der Waals surface area contributed by atoms with Crippen molar-refractivity contribution in [3.63, 3.8) is 0 Å². The Morgan fingerprint density at radius 3 is 2.40 bits per heavy atom. The molecular weight excluding hydrogens is 438 g/mol. The van der Waals surface area contributed by atoms with E-state index in [1.54, 1.807) is 18.9 Å². The summed E-state index contributed by atoms with van der Waals surface area (Å²) in [6.07, 6.45) is 2.05. The molecule has 6 heteroatoms. The third-order valence-electron chi connectivity index (χ3n) is 6.44. The Labute approximate surface area is 207 Å². The first-order valence-corrected chi connectivity index (χ1v) is 12.2. The maximum atomic E-state index is 13.7. The van der Waals surface area contributed by atoms with Crippen LogP contribution in [0.15, 0.2) is 78.9 Å². The molecule has 1 heterocycles. The molecule has 2 unspecified atom stereocenters. The van der Waals surface area contributed by atoms with Crippen LogP contribution in [0, 0.1) is 0 Å². The van der Waals surface area contributed by atoms with Gasteiger partial charge in [0.05, 0.1) is 24.9 Å². The van der Waals surface area contributed by atoms with Gasteiger partial charge in [0.2, 0.25) is 11.8 Å². The van der Waals surface area contributed by atoms with Gasteiger partial charge >= 0.3 is 0 Å². The zero-order valence-corrected chi connectivity index (χ0v) is 20.4. The van der Waals surface area contributed by atoms with E-state index in [0.29, 0.717) is 26.0 Å². The maximum Gasteiger partial charge on any atom is 0.249 e. The Morgan fingerprint density at radius 2 is 1.71 bits per heavy atom. The van der Waals surface area contributed by atoms with Gasteiger partial charge in [-0.3, -0.25) is 9.59 Å². The van der Waals surface area contributed by atoms with Crippen LogP contribution < -0.4 is 20.3 Å². The third-order valence-corrected chi connectivity index (χ3v) is 6.44. The van der Waals surface area contributed by atoms with Crippen LogP contribution in [-0.4, -0.2) is 37.6 Å². The number of aryl methyl sites for hydroxylation is 1. The molecule has 3 aromatic rings. The monoisotopic (exact) mass is 471 g/mol. The molecule has 0 saturated heterocycles. The predicted octanol–water partition coefficient (Wildman–Crippen LogP) is 3.88. The lowest BCUT2D eigenvalue weighted by Crippen LogP contribution is -2.52. The highest BCUT2D eigenvalue weighted by atomic mass is 16.5. The topological polar surface area (TPSA) is 70.7 Å². The summed E-state index contributed by atoms with van der Waals surface area (Å²) in [7, 11) is 1.73. The van der Waals surface area contributed by atoms with E-state index >= 15 is 0 Å². The van der Waals surface area contributed by atoms with Crippen molar-refractivity contribution in [3.8, 4) is 5.75 Å². The highest BCUT2D eigenvalue weighted by molar-refractivity contribution is 6.01. The highest BCUT2D eigenvalue weighted by Gasteiger charge is 2.32. The van der Waals surface area contributed by atoms with Crippen molar-refractivity contribution in [1.29, 1.82) is 0 Å². The van der Waals surface area contributed by atoms with Crippen molar-refractivity contribution in [2.75, 3.05) is 18.6 Å². The van der Waals surface area contributed by atoms with Gasteiger partial charge in [-0.1, -0.05) is 66.7 Å². The number of hydrogen-bond donors (Lipinski definition) is 2. The standard InChI is InChI=1S/C29H33N3O3/c1-21(30-2)28(33)31-26-16-14-24-13-15-25(35-18-17-22-9-5-3-6-10-22)19-27(24)32(29(26)34)20-23-11-7-4-8-12-23/h3-13,15,19,21,26,30H,14,16-18,20H2,1-2H3,(H,31,33). The molecule has 4 rings (SSSR count). The average molecular weight is 472 g/mol. The smallest absolute Gasteiger partial charge is 0.249 e. The van der Waals surface area contributed by atoms with Gasteiger partial charge in [-0.25, -0.2) is 0 Å². The summed E-state index contributed by atoms with van der Waals surface area (Å²) in [6, 6.07) is 25.2. The van der Waals surface area contributed by atoms with E-state index in [0.717, 1.165) is 29.0 Å². The van der Waals surface area contributed by atoms with E-state index in [4.69, 9.17) is 4.74 Å². The Morgan fingerprint density at radius 1 is 1.03 bits per heavy atom. The van der Waals surface area contributed by atoms with Crippen molar-refractivity contribution in [1.82, 2.24) is 10.6 Å². The molecular formula is C29H33N3O3. The second-order valence-electron chi connectivity index (χ2n) is 8.89. The second-order valence-corrected chi connectivity index (χ2v) is 8.89. The Bertz CT molecular complexity index is 1130. The minimum Gasteiger partial charge on any atom is -0.493 e. The molecule has 2 N–H and O–H groups in total. The number of carbonyl (C=O) groups excluding carboxylic acids is 2. The molecule has 0 radical (unpaired) electrons. The summed E-state index contributed by atoms with van der Waals surface area (Å²) in [5.74, 6) is 0.448. The molecule has 2 atom stereocenters. The molecule has 0 aliphatic carbocycles. The number of nitrogens with one attached hydrogen (secondary N) is 2. The fourth-order valence-corrected chi connectivity index (χ4v) is 4.25. The van der Waals surface area contributed by atoms with Gasteiger partial charge in [-0.15, -0.1) is 0 Å². The zero-order chi connectivity index (χ0) is 24.6. The molecule has 0 spiro atoms. The van der Waals surface area contributed by atoms with Crippen LogP contribution in [-0.2, 0) is 29.0 Å². The van der Waals surface area contributed by atoms with Crippen LogP contribution >= 0.6 is 0 Å². The van der Waals surface area contributed by atoms with Crippen LogP contribution in [0.4, 0.5) is 5.69 Å². The highest BCUT2D eigenvalue weighted by Crippen LogP contribution is 2.32. The van der Waals surface area contributed by atoms with Crippen molar-refractivity contribution in [2.45, 2.75) is 44.8 Å². The number of nitrogens with zero attached hydrogens (tertiary/aromatic N) is 1. The van der Waals surface area contributed by atoms with E-state index in [1.165, 1.54) is 5.56 Å². The van der Waals surface area contributed by atoms with Crippen LogP contribution in [0.25, 0.3) is 0 Å². The van der Waals surface area contributed by atoms with Crippen LogP contribution in [0.3, 0.4) is 0 Å². The third kappa shape index (κ3) is 6.28. The summed E-state index contributed by atoms with van der Waals surface area (Å²) < 4.78 is 6.07. The van der Waals surface area contributed by atoms with Crippen molar-refractivity contribution < 1.29 is 14.3 Å². The molecule has 6 nitrogen and oxygen atoms in total. The molecule has 0 bridgehead atoms. The Balaban J connectivity index is 1.57. The fourth-order valence-electron chi connectivity index (χ4n) is 4.25. The minimum atomic E-state index is -0.586. The number of amides is 2. The van der Waals surface area contributed by atoms with Crippen molar-refractivity contribution in [3.05, 3.63) is 95.6 Å². The summed E-state index contributed by atoms with van der Waals surface area (Å²) in [5.41, 5.74) is 4.16. The molecule has 2 amide bonds. The van der Waals surface area contributed by atoms with Gasteiger partial charge in [0.1, 0.15) is 11.8 Å². The first kappa shape index (κ1) is 24.5. The molecule has 1 aliphatic rings. The molecule has 0 fully saturated rings. The quantitative estimate of drug-likeness (QED) is 0.497. The van der Waals surface area contributed by atoms with E-state index in [1.807, 2.05) is 66.7 Å². The summed E-state index contributed by atoms with van der Waals surface area (Å²) in [4.78, 5) is 28.1. The van der Waals surface area contributed by atoms with E-state index in [9.17, 15) is 9.59 Å². The van der Waals surface area contributed by atoms with E-state index in [-0.39, 0.29) is 17.9 Å². The van der Waals surface area contributed by atoms with Crippen LogP contribution in [0.5, 0.6) is 5.75 Å². The number of fused-ring (bicyclic) bond motifs is 1. The van der Waals surface area contributed by atoms with Gasteiger partial charge in [0.25, 0.3) is 0 Å². The molecule has 182 valence electrons. The number of ether oxygens (including phenoxy) is 1.